The zero-order chi connectivity index (χ0) is 31.0. The van der Waals surface area contributed by atoms with Gasteiger partial charge in [0.25, 0.3) is 10.0 Å². The summed E-state index contributed by atoms with van der Waals surface area (Å²) in [6.45, 7) is 9.12. The van der Waals surface area contributed by atoms with Crippen molar-refractivity contribution in [2.24, 2.45) is 5.92 Å². The quantitative estimate of drug-likeness (QED) is 0.246. The Labute approximate surface area is 258 Å². The van der Waals surface area contributed by atoms with Gasteiger partial charge in [0.15, 0.2) is 0 Å². The normalized spacial score (nSPS) is 12.1. The fraction of sp³-hybridized carbons (Fsp3) is 0.355. The summed E-state index contributed by atoms with van der Waals surface area (Å²) in [5.74, 6) is -0.525. The van der Waals surface area contributed by atoms with Crippen molar-refractivity contribution in [1.82, 2.24) is 10.2 Å². The molecule has 3 rings (SSSR count). The number of sulfonamides is 1. The molecule has 3 aromatic carbocycles. The van der Waals surface area contributed by atoms with Gasteiger partial charge in [-0.2, -0.15) is 0 Å². The minimum Gasteiger partial charge on any atom is -0.492 e. The first kappa shape index (κ1) is 33.2. The summed E-state index contributed by atoms with van der Waals surface area (Å²) >= 11 is 12.9. The molecule has 8 nitrogen and oxygen atoms in total. The molecule has 1 unspecified atom stereocenters. The maximum atomic E-state index is 14.2. The molecule has 0 aliphatic heterocycles. The van der Waals surface area contributed by atoms with Crippen LogP contribution < -0.4 is 14.4 Å². The van der Waals surface area contributed by atoms with E-state index < -0.39 is 28.5 Å². The van der Waals surface area contributed by atoms with Crippen molar-refractivity contribution in [1.29, 1.82) is 0 Å². The third kappa shape index (κ3) is 8.18. The predicted octanol–water partition coefficient (Wildman–Crippen LogP) is 6.09. The van der Waals surface area contributed by atoms with Gasteiger partial charge in [-0.15, -0.1) is 0 Å². The van der Waals surface area contributed by atoms with Crippen LogP contribution in [0.4, 0.5) is 5.69 Å². The third-order valence-electron chi connectivity index (χ3n) is 6.56. The number of hydrogen-bond donors (Lipinski definition) is 1. The molecule has 0 spiro atoms. The van der Waals surface area contributed by atoms with Crippen LogP contribution >= 0.6 is 23.2 Å². The van der Waals surface area contributed by atoms with Gasteiger partial charge in [-0.05, 0) is 63.1 Å². The van der Waals surface area contributed by atoms with E-state index in [0.717, 1.165) is 9.87 Å². The van der Waals surface area contributed by atoms with Crippen molar-refractivity contribution in [2.45, 2.75) is 52.1 Å². The molecular formula is C31H37Cl2N3O5S. The summed E-state index contributed by atoms with van der Waals surface area (Å²) in [5.41, 5.74) is 1.52. The van der Waals surface area contributed by atoms with E-state index in [4.69, 9.17) is 27.9 Å². The average Bonchev–Trinajstić information content (AvgIpc) is 2.95. The number of nitrogens with one attached hydrogen (secondary N) is 1. The van der Waals surface area contributed by atoms with Gasteiger partial charge in [-0.1, -0.05) is 72.9 Å². The predicted molar refractivity (Wildman–Crippen MR) is 168 cm³/mol. The zero-order valence-corrected chi connectivity index (χ0v) is 26.8. The minimum absolute atomic E-state index is 0.00984. The summed E-state index contributed by atoms with van der Waals surface area (Å²) < 4.78 is 34.9. The highest BCUT2D eigenvalue weighted by Gasteiger charge is 2.34. The van der Waals surface area contributed by atoms with Gasteiger partial charge < -0.3 is 15.0 Å². The zero-order valence-electron chi connectivity index (χ0n) is 24.4. The van der Waals surface area contributed by atoms with Crippen molar-refractivity contribution in [3.8, 4) is 5.75 Å². The number of rotatable bonds is 13. The van der Waals surface area contributed by atoms with Gasteiger partial charge >= 0.3 is 0 Å². The lowest BCUT2D eigenvalue weighted by molar-refractivity contribution is -0.139. The lowest BCUT2D eigenvalue weighted by atomic mass is 10.1. The van der Waals surface area contributed by atoms with Crippen LogP contribution in [0.1, 0.15) is 38.8 Å². The lowest BCUT2D eigenvalue weighted by Gasteiger charge is -2.33. The second kappa shape index (κ2) is 14.8. The molecule has 226 valence electrons. The van der Waals surface area contributed by atoms with Gasteiger partial charge in [0, 0.05) is 28.7 Å². The first-order valence-corrected chi connectivity index (χ1v) is 15.9. The maximum Gasteiger partial charge on any atom is 0.264 e. The molecule has 0 fully saturated rings. The molecular weight excluding hydrogens is 597 g/mol. The first-order valence-electron chi connectivity index (χ1n) is 13.7. The number of aryl methyl sites for hydroxylation is 1. The number of nitrogens with zero attached hydrogens (tertiary/aromatic N) is 2. The number of para-hydroxylation sites is 2. The molecule has 0 heterocycles. The van der Waals surface area contributed by atoms with E-state index in [0.29, 0.717) is 27.9 Å². The van der Waals surface area contributed by atoms with Gasteiger partial charge in [0.1, 0.15) is 18.3 Å². The van der Waals surface area contributed by atoms with E-state index >= 15 is 0 Å². The Balaban J connectivity index is 2.10. The number of amides is 2. The largest absolute Gasteiger partial charge is 0.492 e. The minimum atomic E-state index is -4.24. The smallest absolute Gasteiger partial charge is 0.264 e. The van der Waals surface area contributed by atoms with E-state index in [1.165, 1.54) is 17.0 Å². The van der Waals surface area contributed by atoms with Crippen LogP contribution in [0.15, 0.2) is 71.6 Å². The van der Waals surface area contributed by atoms with Gasteiger partial charge in [0.2, 0.25) is 11.8 Å². The molecule has 2 amide bonds. The molecule has 0 bridgehead atoms. The first-order chi connectivity index (χ1) is 19.9. The molecule has 3 aromatic rings. The monoisotopic (exact) mass is 633 g/mol. The summed E-state index contributed by atoms with van der Waals surface area (Å²) in [7, 11) is -4.24. The topological polar surface area (TPSA) is 96.0 Å². The molecule has 0 aliphatic rings. The number of ether oxygens (including phenoxy) is 1. The highest BCUT2D eigenvalue weighted by atomic mass is 35.5. The Kier molecular flexibility index (Phi) is 11.7. The molecule has 0 aromatic heterocycles. The summed E-state index contributed by atoms with van der Waals surface area (Å²) in [4.78, 5) is 28.6. The Morgan fingerprint density at radius 3 is 2.14 bits per heavy atom. The van der Waals surface area contributed by atoms with Crippen molar-refractivity contribution in [3.05, 3.63) is 87.9 Å². The van der Waals surface area contributed by atoms with E-state index in [-0.39, 0.29) is 35.6 Å². The van der Waals surface area contributed by atoms with Crippen LogP contribution in [0.25, 0.3) is 0 Å². The number of halogens is 2. The third-order valence-corrected chi connectivity index (χ3v) is 9.05. The highest BCUT2D eigenvalue weighted by molar-refractivity contribution is 7.92. The van der Waals surface area contributed by atoms with Crippen molar-refractivity contribution in [2.75, 3.05) is 24.0 Å². The summed E-state index contributed by atoms with van der Waals surface area (Å²) in [5, 5.41) is 3.49. The Bertz CT molecular complexity index is 1480. The van der Waals surface area contributed by atoms with Crippen molar-refractivity contribution < 1.29 is 22.7 Å². The summed E-state index contributed by atoms with van der Waals surface area (Å²) in [6.07, 6.45) is 0. The summed E-state index contributed by atoms with van der Waals surface area (Å²) in [6, 6.07) is 17.0. The second-order valence-electron chi connectivity index (χ2n) is 10.3. The number of hydrogen-bond acceptors (Lipinski definition) is 5. The average molecular weight is 635 g/mol. The molecule has 1 N–H and O–H groups in total. The van der Waals surface area contributed by atoms with Crippen LogP contribution in [0.5, 0.6) is 5.75 Å². The number of carbonyl (C=O) groups excluding carboxylic acids is 2. The van der Waals surface area contributed by atoms with E-state index in [1.54, 1.807) is 68.4 Å². The molecule has 0 saturated heterocycles. The maximum absolute atomic E-state index is 14.2. The van der Waals surface area contributed by atoms with Crippen LogP contribution in [-0.2, 0) is 26.2 Å². The van der Waals surface area contributed by atoms with Gasteiger partial charge in [-0.25, -0.2) is 8.42 Å². The Morgan fingerprint density at radius 2 is 1.55 bits per heavy atom. The Morgan fingerprint density at radius 1 is 0.929 bits per heavy atom. The number of benzene rings is 3. The number of anilines is 1. The van der Waals surface area contributed by atoms with E-state index in [1.807, 2.05) is 20.8 Å². The van der Waals surface area contributed by atoms with Crippen molar-refractivity contribution in [3.63, 3.8) is 0 Å². The molecule has 1 atom stereocenters. The second-order valence-corrected chi connectivity index (χ2v) is 12.9. The van der Waals surface area contributed by atoms with Gasteiger partial charge in [0.05, 0.1) is 17.2 Å². The fourth-order valence-corrected chi connectivity index (χ4v) is 6.12. The van der Waals surface area contributed by atoms with Crippen LogP contribution in [0.3, 0.4) is 0 Å². The molecule has 0 aliphatic carbocycles. The molecule has 0 radical (unpaired) electrons. The lowest BCUT2D eigenvalue weighted by Crippen LogP contribution is -2.51. The Hall–Kier alpha value is -3.27. The molecule has 0 saturated carbocycles. The molecule has 42 heavy (non-hydrogen) atoms. The van der Waals surface area contributed by atoms with E-state index in [2.05, 4.69) is 5.32 Å². The van der Waals surface area contributed by atoms with Crippen molar-refractivity contribution >= 4 is 50.7 Å². The highest BCUT2D eigenvalue weighted by Crippen LogP contribution is 2.33. The van der Waals surface area contributed by atoms with Crippen LogP contribution in [-0.4, -0.2) is 50.9 Å². The SMILES string of the molecule is CCOc1ccccc1N(CC(=O)N(Cc1c(Cl)cccc1Cl)C(C)C(=O)NCC(C)C)S(=O)(=O)c1ccc(C)cc1. The van der Waals surface area contributed by atoms with Crippen LogP contribution in [0.2, 0.25) is 10.0 Å². The van der Waals surface area contributed by atoms with Gasteiger partial charge in [-0.3, -0.25) is 13.9 Å². The number of carbonyl (C=O) groups is 2. The van der Waals surface area contributed by atoms with Crippen LogP contribution in [0, 0.1) is 12.8 Å². The molecule has 11 heteroatoms. The standard InChI is InChI=1S/C31H37Cl2N3O5S/c1-6-41-29-13-8-7-12-28(29)36(42(39,40)24-16-14-22(4)15-17-24)20-30(37)35(23(5)31(38)34-18-21(2)3)19-25-26(32)10-9-11-27(25)33/h7-17,21,23H,6,18-20H2,1-5H3,(H,34,38). The van der Waals surface area contributed by atoms with E-state index in [9.17, 15) is 18.0 Å². The fourth-order valence-electron chi connectivity index (χ4n) is 4.18.